The van der Waals surface area contributed by atoms with Gasteiger partial charge in [-0.2, -0.15) is 23.5 Å². The monoisotopic (exact) mass is 1030 g/mol. The van der Waals surface area contributed by atoms with E-state index in [1.807, 2.05) is 0 Å². The van der Waals surface area contributed by atoms with Crippen LogP contribution in [0.25, 0.3) is 0 Å². The fraction of sp³-hybridized carbons (Fsp3) is 0.537. The first-order chi connectivity index (χ1) is 32.8. The second-order valence-corrected chi connectivity index (χ2v) is 17.5. The Labute approximate surface area is 408 Å². The van der Waals surface area contributed by atoms with Gasteiger partial charge in [-0.25, -0.2) is 0 Å². The Morgan fingerprint density at radius 3 is 1.36 bits per heavy atom. The van der Waals surface area contributed by atoms with E-state index in [0.717, 1.165) is 24.2 Å². The van der Waals surface area contributed by atoms with Crippen LogP contribution in [0.1, 0.15) is 76.3 Å². The Morgan fingerprint density at radius 1 is 0.514 bits per heavy atom. The molecule has 0 saturated carbocycles. The van der Waals surface area contributed by atoms with Gasteiger partial charge in [-0.15, -0.1) is 0 Å². The van der Waals surface area contributed by atoms with Crippen LogP contribution in [0.5, 0.6) is 0 Å². The number of carbonyl (C=O) groups excluding carboxylic acids is 9. The summed E-state index contributed by atoms with van der Waals surface area (Å²) in [5.74, 6) is -14.0. The summed E-state index contributed by atoms with van der Waals surface area (Å²) in [7, 11) is 0. The lowest BCUT2D eigenvalue weighted by Gasteiger charge is -2.25. The molecule has 0 saturated heterocycles. The molecule has 1 aromatic carbocycles. The molecule has 0 heterocycles. The molecule has 0 aromatic heterocycles. The Hall–Kier alpha value is -7.01. The van der Waals surface area contributed by atoms with E-state index in [1.165, 1.54) is 18.7 Å². The van der Waals surface area contributed by atoms with E-state index in [1.54, 1.807) is 24.3 Å². The average Bonchev–Trinajstić information content (AvgIpc) is 3.25. The van der Waals surface area contributed by atoms with Crippen LogP contribution in [0, 0.1) is 0 Å². The van der Waals surface area contributed by atoms with Gasteiger partial charge in [0.15, 0.2) is 0 Å². The van der Waals surface area contributed by atoms with Gasteiger partial charge in [0.05, 0.1) is 25.5 Å². The van der Waals surface area contributed by atoms with Crippen LogP contribution in [-0.2, 0) is 73.8 Å². The summed E-state index contributed by atoms with van der Waals surface area (Å²) in [6.45, 7) is 1.87. The van der Waals surface area contributed by atoms with Crippen LogP contribution >= 0.6 is 23.5 Å². The number of carbonyl (C=O) groups is 13. The molecular weight excluding hydrogens is 971 g/mol. The van der Waals surface area contributed by atoms with Crippen molar-refractivity contribution in [2.45, 2.75) is 119 Å². The van der Waals surface area contributed by atoms with Crippen molar-refractivity contribution in [3.05, 3.63) is 35.4 Å². The number of aliphatic hydroxyl groups is 1. The van der Waals surface area contributed by atoms with Crippen LogP contribution in [0.4, 0.5) is 0 Å². The molecule has 0 bridgehead atoms. The maximum Gasteiger partial charge on any atom is 0.305 e. The van der Waals surface area contributed by atoms with Crippen molar-refractivity contribution >= 4 is 101 Å². The molecule has 388 valence electrons. The lowest BCUT2D eigenvalue weighted by atomic mass is 10.1. The second-order valence-electron chi connectivity index (χ2n) is 15.4. The molecule has 7 atom stereocenters. The standard InChI is InChI=1S/C41H59N9O18S2/c1-20(51)13-30(53)44-15-31(54)46-25(8-11-33(57)58)38(65)50-28(37(43)64)18-69-16-22-5-3-4-6-23(22)17-70-19-29(45-21(2)52)41(68)49-27(14-35(61)62)40(67)48-26(9-12-34(59)60)39(66)47-24(36(42)63)7-10-32(55)56/h3-6,20,24-29,51H,7-19H2,1-2H3,(H2,42,63)(H2,43,64)(H,44,53)(H,45,52)(H,46,54)(H,47,66)(H,48,67)(H,49,68)(H,50,65)(H,55,56)(H,57,58)(H,59,60)(H,61,62)/t20-,24+,25+,26+,27+,28+,29+/m1/s1. The summed E-state index contributed by atoms with van der Waals surface area (Å²) in [4.78, 5) is 159. The van der Waals surface area contributed by atoms with Crippen molar-refractivity contribution in [1.29, 1.82) is 0 Å². The number of rotatable bonds is 35. The normalized spacial score (nSPS) is 13.8. The third-order valence-electron chi connectivity index (χ3n) is 9.38. The van der Waals surface area contributed by atoms with Gasteiger partial charge in [0.2, 0.25) is 53.2 Å². The van der Waals surface area contributed by atoms with E-state index in [4.69, 9.17) is 16.6 Å². The molecule has 29 heteroatoms. The minimum Gasteiger partial charge on any atom is -0.481 e. The lowest BCUT2D eigenvalue weighted by Crippen LogP contribution is -2.58. The van der Waals surface area contributed by atoms with Crippen molar-refractivity contribution in [1.82, 2.24) is 37.2 Å². The van der Waals surface area contributed by atoms with Gasteiger partial charge < -0.3 is 74.2 Å². The highest BCUT2D eigenvalue weighted by Gasteiger charge is 2.33. The number of aliphatic hydroxyl groups excluding tert-OH is 1. The van der Waals surface area contributed by atoms with Crippen LogP contribution < -0.4 is 48.7 Å². The highest BCUT2D eigenvalue weighted by atomic mass is 32.2. The predicted octanol–water partition coefficient (Wildman–Crippen LogP) is -3.99. The van der Waals surface area contributed by atoms with Gasteiger partial charge in [-0.05, 0) is 37.3 Å². The second kappa shape index (κ2) is 31.9. The molecule has 0 aliphatic rings. The smallest absolute Gasteiger partial charge is 0.305 e. The maximum absolute atomic E-state index is 13.5. The number of hydrogen-bond donors (Lipinski definition) is 14. The molecule has 0 radical (unpaired) electrons. The molecule has 1 aromatic rings. The number of amides is 9. The number of carboxylic acids is 4. The SMILES string of the molecule is CC(=O)N[C@@H](CSCc1ccccc1CSC[C@H](NC(=O)[C@H](CCC(=O)O)NC(=O)CNC(=O)C[C@@H](C)O)C(N)=O)C(=O)N[C@@H](CC(=O)O)C(=O)N[C@@H](CCC(=O)O)C(=O)N[C@@H](CCC(=O)O)C(N)=O. The van der Waals surface area contributed by atoms with Gasteiger partial charge in [-0.3, -0.25) is 62.3 Å². The lowest BCUT2D eigenvalue weighted by molar-refractivity contribution is -0.142. The van der Waals surface area contributed by atoms with Crippen LogP contribution in [0.2, 0.25) is 0 Å². The zero-order valence-electron chi connectivity index (χ0n) is 38.1. The number of benzene rings is 1. The third kappa shape index (κ3) is 25.9. The van der Waals surface area contributed by atoms with E-state index in [9.17, 15) is 82.8 Å². The topological polar surface area (TPSA) is 459 Å². The minimum absolute atomic E-state index is 0.0842. The quantitative estimate of drug-likeness (QED) is 0.0308. The molecule has 27 nitrogen and oxygen atoms in total. The predicted molar refractivity (Wildman–Crippen MR) is 247 cm³/mol. The first-order valence-electron chi connectivity index (χ1n) is 21.2. The van der Waals surface area contributed by atoms with Crippen molar-refractivity contribution in [3.63, 3.8) is 0 Å². The summed E-state index contributed by atoms with van der Waals surface area (Å²) in [6, 6.07) is -2.36. The van der Waals surface area contributed by atoms with Gasteiger partial charge in [0.1, 0.15) is 36.3 Å². The highest BCUT2D eigenvalue weighted by molar-refractivity contribution is 7.98. The molecule has 0 aliphatic heterocycles. The molecule has 9 amide bonds. The third-order valence-corrected chi connectivity index (χ3v) is 11.5. The van der Waals surface area contributed by atoms with Gasteiger partial charge in [-0.1, -0.05) is 24.3 Å². The highest BCUT2D eigenvalue weighted by Crippen LogP contribution is 2.22. The van der Waals surface area contributed by atoms with E-state index in [0.29, 0.717) is 5.56 Å². The Kier molecular flexibility index (Phi) is 27.8. The molecule has 0 spiro atoms. The molecule has 0 unspecified atom stereocenters. The molecule has 16 N–H and O–H groups in total. The van der Waals surface area contributed by atoms with Crippen LogP contribution in [0.15, 0.2) is 24.3 Å². The van der Waals surface area contributed by atoms with Crippen molar-refractivity contribution in [2.75, 3.05) is 18.1 Å². The molecule has 1 rings (SSSR count). The number of nitrogens with one attached hydrogen (secondary N) is 7. The number of hydrogen-bond acceptors (Lipinski definition) is 16. The zero-order chi connectivity index (χ0) is 53.1. The summed E-state index contributed by atoms with van der Waals surface area (Å²) in [6.07, 6.45) is -5.59. The number of thioether (sulfide) groups is 2. The largest absolute Gasteiger partial charge is 0.481 e. The minimum atomic E-state index is -1.90. The summed E-state index contributed by atoms with van der Waals surface area (Å²) >= 11 is 2.30. The average molecular weight is 1030 g/mol. The van der Waals surface area contributed by atoms with Gasteiger partial charge in [0.25, 0.3) is 0 Å². The van der Waals surface area contributed by atoms with E-state index >= 15 is 0 Å². The maximum atomic E-state index is 13.5. The fourth-order valence-electron chi connectivity index (χ4n) is 5.90. The zero-order valence-corrected chi connectivity index (χ0v) is 39.7. The number of aliphatic carboxylic acids is 4. The summed E-state index contributed by atoms with van der Waals surface area (Å²) < 4.78 is 0. The number of carboxylic acid groups (broad SMARTS) is 4. The fourth-order valence-corrected chi connectivity index (χ4v) is 8.09. The summed E-state index contributed by atoms with van der Waals surface area (Å²) in [5, 5.41) is 62.2. The van der Waals surface area contributed by atoms with Gasteiger partial charge >= 0.3 is 23.9 Å². The Balaban J connectivity index is 3.10. The van der Waals surface area contributed by atoms with Crippen molar-refractivity contribution in [2.24, 2.45) is 11.5 Å². The molecule has 0 fully saturated rings. The summed E-state index contributed by atoms with van der Waals surface area (Å²) in [5.41, 5.74) is 12.3. The van der Waals surface area contributed by atoms with Crippen molar-refractivity contribution < 1.29 is 87.9 Å². The Morgan fingerprint density at radius 2 is 0.914 bits per heavy atom. The van der Waals surface area contributed by atoms with E-state index in [2.05, 4.69) is 37.2 Å². The van der Waals surface area contributed by atoms with E-state index < -0.39 is 164 Å². The van der Waals surface area contributed by atoms with Crippen LogP contribution in [-0.4, -0.2) is 163 Å². The molecule has 0 aliphatic carbocycles. The molecule has 70 heavy (non-hydrogen) atoms. The number of nitrogens with two attached hydrogens (primary N) is 2. The van der Waals surface area contributed by atoms with Crippen LogP contribution in [0.3, 0.4) is 0 Å². The number of primary amides is 2. The first-order valence-corrected chi connectivity index (χ1v) is 23.5. The van der Waals surface area contributed by atoms with E-state index in [-0.39, 0.29) is 35.9 Å². The van der Waals surface area contributed by atoms with Crippen molar-refractivity contribution in [3.8, 4) is 0 Å². The molecular formula is C41H59N9O18S2. The van der Waals surface area contributed by atoms with Gasteiger partial charge in [0, 0.05) is 49.2 Å². The first kappa shape index (κ1) is 61.0. The Bertz CT molecular complexity index is 2080.